The van der Waals surface area contributed by atoms with E-state index >= 15 is 0 Å². The van der Waals surface area contributed by atoms with Crippen LogP contribution in [-0.4, -0.2) is 12.5 Å². The fourth-order valence-electron chi connectivity index (χ4n) is 2.00. The van der Waals surface area contributed by atoms with Gasteiger partial charge in [0, 0.05) is 16.2 Å². The molecule has 0 bridgehead atoms. The molecule has 0 radical (unpaired) electrons. The molecule has 15 heavy (non-hydrogen) atoms. The molecule has 2 atom stereocenters. The van der Waals surface area contributed by atoms with Crippen molar-refractivity contribution < 1.29 is 4.79 Å². The van der Waals surface area contributed by atoms with Crippen LogP contribution in [0.15, 0.2) is 22.7 Å². The van der Waals surface area contributed by atoms with Gasteiger partial charge in [0.05, 0.1) is 6.04 Å². The van der Waals surface area contributed by atoms with Crippen LogP contribution in [0.1, 0.15) is 24.9 Å². The van der Waals surface area contributed by atoms with E-state index in [0.29, 0.717) is 6.04 Å². The van der Waals surface area contributed by atoms with Gasteiger partial charge in [0.25, 0.3) is 0 Å². The van der Waals surface area contributed by atoms with Gasteiger partial charge in [-0.05, 0) is 37.1 Å². The molecule has 0 saturated carbocycles. The Hall–Kier alpha value is -1.03. The SMILES string of the molecule is C[C@H]1C[C@H](NC=O)c2cc(Br)ccc2N1. The van der Waals surface area contributed by atoms with Gasteiger partial charge in [-0.3, -0.25) is 4.79 Å². The van der Waals surface area contributed by atoms with Crippen molar-refractivity contribution in [2.75, 3.05) is 5.32 Å². The fraction of sp³-hybridized carbons (Fsp3) is 0.364. The van der Waals surface area contributed by atoms with Crippen LogP contribution in [-0.2, 0) is 4.79 Å². The van der Waals surface area contributed by atoms with Crippen molar-refractivity contribution in [1.82, 2.24) is 5.32 Å². The average molecular weight is 269 g/mol. The molecule has 1 aromatic rings. The molecule has 1 aromatic carbocycles. The Morgan fingerprint density at radius 3 is 3.13 bits per heavy atom. The summed E-state index contributed by atoms with van der Waals surface area (Å²) < 4.78 is 1.04. The lowest BCUT2D eigenvalue weighted by molar-refractivity contribution is -0.110. The highest BCUT2D eigenvalue weighted by Gasteiger charge is 2.23. The largest absolute Gasteiger partial charge is 0.382 e. The van der Waals surface area contributed by atoms with Crippen LogP contribution in [0.25, 0.3) is 0 Å². The van der Waals surface area contributed by atoms with Crippen molar-refractivity contribution in [3.05, 3.63) is 28.2 Å². The number of carbonyl (C=O) groups is 1. The van der Waals surface area contributed by atoms with Crippen LogP contribution in [0.5, 0.6) is 0 Å². The molecule has 0 spiro atoms. The monoisotopic (exact) mass is 268 g/mol. The van der Waals surface area contributed by atoms with Crippen molar-refractivity contribution in [2.45, 2.75) is 25.4 Å². The standard InChI is InChI=1S/C11H13BrN2O/c1-7-4-11(13-6-15)9-5-8(12)2-3-10(9)14-7/h2-3,5-7,11,14H,4H2,1H3,(H,13,15)/t7-,11-/m0/s1. The van der Waals surface area contributed by atoms with E-state index in [-0.39, 0.29) is 6.04 Å². The van der Waals surface area contributed by atoms with E-state index in [9.17, 15) is 4.79 Å². The number of fused-ring (bicyclic) bond motifs is 1. The van der Waals surface area contributed by atoms with Gasteiger partial charge in [-0.1, -0.05) is 15.9 Å². The predicted molar refractivity (Wildman–Crippen MR) is 63.8 cm³/mol. The van der Waals surface area contributed by atoms with E-state index in [2.05, 4.69) is 39.6 Å². The number of hydrogen-bond acceptors (Lipinski definition) is 2. The van der Waals surface area contributed by atoms with Gasteiger partial charge in [0.1, 0.15) is 0 Å². The average Bonchev–Trinajstić information content (AvgIpc) is 2.19. The highest BCUT2D eigenvalue weighted by molar-refractivity contribution is 9.10. The first-order valence-corrected chi connectivity index (χ1v) is 5.75. The van der Waals surface area contributed by atoms with Gasteiger partial charge < -0.3 is 10.6 Å². The topological polar surface area (TPSA) is 41.1 Å². The van der Waals surface area contributed by atoms with Crippen molar-refractivity contribution in [2.24, 2.45) is 0 Å². The van der Waals surface area contributed by atoms with Gasteiger partial charge in [0.2, 0.25) is 6.41 Å². The molecule has 0 aromatic heterocycles. The molecule has 1 aliphatic rings. The van der Waals surface area contributed by atoms with Gasteiger partial charge in [-0.2, -0.15) is 0 Å². The van der Waals surface area contributed by atoms with Crippen molar-refractivity contribution >= 4 is 28.0 Å². The smallest absolute Gasteiger partial charge is 0.207 e. The Bertz CT molecular complexity index is 381. The number of rotatable bonds is 2. The number of benzene rings is 1. The molecular formula is C11H13BrN2O. The highest BCUT2D eigenvalue weighted by Crippen LogP contribution is 2.34. The summed E-state index contributed by atoms with van der Waals surface area (Å²) in [4.78, 5) is 10.5. The molecule has 1 amide bonds. The molecule has 4 heteroatoms. The molecule has 2 N–H and O–H groups in total. The lowest BCUT2D eigenvalue weighted by atomic mass is 9.94. The number of anilines is 1. The molecule has 0 aliphatic carbocycles. The normalized spacial score (nSPS) is 23.9. The maximum absolute atomic E-state index is 10.5. The van der Waals surface area contributed by atoms with E-state index < -0.39 is 0 Å². The van der Waals surface area contributed by atoms with Gasteiger partial charge >= 0.3 is 0 Å². The summed E-state index contributed by atoms with van der Waals surface area (Å²) in [6.45, 7) is 2.12. The minimum atomic E-state index is 0.117. The summed E-state index contributed by atoms with van der Waals surface area (Å²) >= 11 is 3.44. The van der Waals surface area contributed by atoms with E-state index in [1.54, 1.807) is 0 Å². The fourth-order valence-corrected chi connectivity index (χ4v) is 2.38. The third-order valence-electron chi connectivity index (χ3n) is 2.65. The van der Waals surface area contributed by atoms with Gasteiger partial charge in [-0.25, -0.2) is 0 Å². The van der Waals surface area contributed by atoms with Crippen LogP contribution in [0.3, 0.4) is 0 Å². The zero-order chi connectivity index (χ0) is 10.8. The van der Waals surface area contributed by atoms with Crippen LogP contribution < -0.4 is 10.6 Å². The quantitative estimate of drug-likeness (QED) is 0.810. The molecule has 2 rings (SSSR count). The summed E-state index contributed by atoms with van der Waals surface area (Å²) in [5.74, 6) is 0. The maximum Gasteiger partial charge on any atom is 0.207 e. The summed E-state index contributed by atoms with van der Waals surface area (Å²) in [5.41, 5.74) is 2.26. The third kappa shape index (κ3) is 2.15. The van der Waals surface area contributed by atoms with Crippen LogP contribution >= 0.6 is 15.9 Å². The summed E-state index contributed by atoms with van der Waals surface area (Å²) in [7, 11) is 0. The minimum Gasteiger partial charge on any atom is -0.382 e. The summed E-state index contributed by atoms with van der Waals surface area (Å²) in [6, 6.07) is 6.59. The van der Waals surface area contributed by atoms with Crippen LogP contribution in [0.2, 0.25) is 0 Å². The summed E-state index contributed by atoms with van der Waals surface area (Å²) in [6.07, 6.45) is 1.69. The molecule has 80 valence electrons. The molecule has 0 fully saturated rings. The van der Waals surface area contributed by atoms with Crippen molar-refractivity contribution in [1.29, 1.82) is 0 Å². The Morgan fingerprint density at radius 1 is 1.60 bits per heavy atom. The number of halogens is 1. The third-order valence-corrected chi connectivity index (χ3v) is 3.14. The lowest BCUT2D eigenvalue weighted by Crippen LogP contribution is -2.32. The Morgan fingerprint density at radius 2 is 2.40 bits per heavy atom. The van der Waals surface area contributed by atoms with Crippen molar-refractivity contribution in [3.63, 3.8) is 0 Å². The van der Waals surface area contributed by atoms with E-state index in [1.165, 1.54) is 0 Å². The number of nitrogens with one attached hydrogen (secondary N) is 2. The first-order valence-electron chi connectivity index (χ1n) is 4.96. The first-order chi connectivity index (χ1) is 7.20. The zero-order valence-corrected chi connectivity index (χ0v) is 10.0. The molecule has 0 saturated heterocycles. The number of amides is 1. The lowest BCUT2D eigenvalue weighted by Gasteiger charge is -2.31. The molecule has 1 heterocycles. The van der Waals surface area contributed by atoms with Gasteiger partial charge in [-0.15, -0.1) is 0 Å². The minimum absolute atomic E-state index is 0.117. The second-order valence-corrected chi connectivity index (χ2v) is 4.77. The zero-order valence-electron chi connectivity index (χ0n) is 8.46. The maximum atomic E-state index is 10.5. The number of carbonyl (C=O) groups excluding carboxylic acids is 1. The highest BCUT2D eigenvalue weighted by atomic mass is 79.9. The Balaban J connectivity index is 2.38. The Labute approximate surface area is 97.4 Å². The first kappa shape index (κ1) is 10.5. The molecule has 3 nitrogen and oxygen atoms in total. The number of hydrogen-bond donors (Lipinski definition) is 2. The van der Waals surface area contributed by atoms with E-state index in [4.69, 9.17) is 0 Å². The van der Waals surface area contributed by atoms with E-state index in [1.807, 2.05) is 12.1 Å². The van der Waals surface area contributed by atoms with Crippen LogP contribution in [0.4, 0.5) is 5.69 Å². The molecule has 0 unspecified atom stereocenters. The second-order valence-electron chi connectivity index (χ2n) is 3.85. The Kier molecular flexibility index (Phi) is 2.95. The van der Waals surface area contributed by atoms with E-state index in [0.717, 1.165) is 28.6 Å². The molecule has 1 aliphatic heterocycles. The van der Waals surface area contributed by atoms with Crippen LogP contribution in [0, 0.1) is 0 Å². The van der Waals surface area contributed by atoms with Gasteiger partial charge in [0.15, 0.2) is 0 Å². The predicted octanol–water partition coefficient (Wildman–Crippen LogP) is 2.44. The second kappa shape index (κ2) is 4.23. The summed E-state index contributed by atoms with van der Waals surface area (Å²) in [5, 5.41) is 6.26. The molecular weight excluding hydrogens is 256 g/mol. The van der Waals surface area contributed by atoms with Crippen molar-refractivity contribution in [3.8, 4) is 0 Å².